The zero-order chi connectivity index (χ0) is 23.0. The van der Waals surface area contributed by atoms with Crippen LogP contribution in [-0.4, -0.2) is 32.3 Å². The van der Waals surface area contributed by atoms with Crippen molar-refractivity contribution >= 4 is 21.6 Å². The molecule has 3 aromatic rings. The first-order valence-electron chi connectivity index (χ1n) is 10.1. The van der Waals surface area contributed by atoms with Gasteiger partial charge < -0.3 is 4.90 Å². The quantitative estimate of drug-likeness (QED) is 0.573. The second kappa shape index (κ2) is 8.35. The minimum absolute atomic E-state index is 0.00765. The van der Waals surface area contributed by atoms with E-state index >= 15 is 0 Å². The van der Waals surface area contributed by atoms with E-state index in [9.17, 15) is 22.0 Å². The molecule has 4 rings (SSSR count). The Hall–Kier alpha value is -3.26. The van der Waals surface area contributed by atoms with Crippen molar-refractivity contribution in [1.29, 1.82) is 0 Å². The maximum absolute atomic E-state index is 14.0. The zero-order valence-corrected chi connectivity index (χ0v) is 18.4. The maximum atomic E-state index is 14.0. The predicted molar refractivity (Wildman–Crippen MR) is 118 cm³/mol. The minimum atomic E-state index is -3.89. The highest BCUT2D eigenvalue weighted by atomic mass is 32.2. The molecule has 0 saturated carbocycles. The highest BCUT2D eigenvalue weighted by Crippen LogP contribution is 2.36. The number of fused-ring (bicyclic) bond motifs is 1. The normalized spacial score (nSPS) is 15.5. The van der Waals surface area contributed by atoms with Crippen LogP contribution in [0.5, 0.6) is 0 Å². The molecular formula is C24H22F2N2O3S. The number of halogens is 2. The molecule has 0 N–H and O–H groups in total. The van der Waals surface area contributed by atoms with Crippen LogP contribution in [-0.2, 0) is 23.0 Å². The van der Waals surface area contributed by atoms with Crippen LogP contribution >= 0.6 is 0 Å². The Morgan fingerprint density at radius 2 is 1.81 bits per heavy atom. The van der Waals surface area contributed by atoms with Crippen molar-refractivity contribution in [3.05, 3.63) is 95.1 Å². The molecule has 0 aromatic heterocycles. The summed E-state index contributed by atoms with van der Waals surface area (Å²) in [6.07, 6.45) is 0.611. The molecule has 3 aromatic carbocycles. The summed E-state index contributed by atoms with van der Waals surface area (Å²) in [5.74, 6) is -1.92. The van der Waals surface area contributed by atoms with Gasteiger partial charge in [0.25, 0.3) is 15.9 Å². The Balaban J connectivity index is 1.61. The van der Waals surface area contributed by atoms with Gasteiger partial charge in [-0.05, 0) is 49.2 Å². The number of amides is 1. The third-order valence-corrected chi connectivity index (χ3v) is 7.48. The van der Waals surface area contributed by atoms with Crippen LogP contribution in [0, 0.1) is 11.6 Å². The summed E-state index contributed by atoms with van der Waals surface area (Å²) in [4.78, 5) is 14.2. The lowest BCUT2D eigenvalue weighted by Gasteiger charge is -2.25. The molecule has 0 bridgehead atoms. The highest BCUT2D eigenvalue weighted by molar-refractivity contribution is 7.92. The van der Waals surface area contributed by atoms with Gasteiger partial charge in [-0.25, -0.2) is 17.2 Å². The lowest BCUT2D eigenvalue weighted by Crippen LogP contribution is -2.36. The van der Waals surface area contributed by atoms with Crippen LogP contribution in [0.1, 0.15) is 28.4 Å². The Bertz CT molecular complexity index is 1290. The van der Waals surface area contributed by atoms with Gasteiger partial charge in [0.1, 0.15) is 11.6 Å². The molecule has 0 radical (unpaired) electrons. The molecule has 0 spiro atoms. The Labute approximate surface area is 186 Å². The van der Waals surface area contributed by atoms with Gasteiger partial charge in [0.15, 0.2) is 0 Å². The summed E-state index contributed by atoms with van der Waals surface area (Å²) in [6, 6.07) is 16.1. The highest BCUT2D eigenvalue weighted by Gasteiger charge is 2.36. The summed E-state index contributed by atoms with van der Waals surface area (Å²) < 4.78 is 55.4. The van der Waals surface area contributed by atoms with Crippen LogP contribution in [0.15, 0.2) is 71.6 Å². The fourth-order valence-corrected chi connectivity index (χ4v) is 5.74. The number of para-hydroxylation sites is 1. The second-order valence-electron chi connectivity index (χ2n) is 7.91. The average Bonchev–Trinajstić information content (AvgIpc) is 3.11. The average molecular weight is 457 g/mol. The van der Waals surface area contributed by atoms with Crippen molar-refractivity contribution in [2.45, 2.75) is 30.8 Å². The monoisotopic (exact) mass is 456 g/mol. The Morgan fingerprint density at radius 3 is 2.56 bits per heavy atom. The standard InChI is InChI=1S/C24H22F2N2O3S/c1-16-12-17-6-3-4-9-23(17)28(16)32(30,31)21-8-5-7-18(13-21)24(29)27(2)15-19-10-11-20(25)14-22(19)26/h3-11,13-14,16H,12,15H2,1-2H3. The molecule has 1 atom stereocenters. The number of benzene rings is 3. The maximum Gasteiger partial charge on any atom is 0.264 e. The van der Waals surface area contributed by atoms with Crippen LogP contribution in [0.3, 0.4) is 0 Å². The third kappa shape index (κ3) is 3.98. The molecule has 8 heteroatoms. The van der Waals surface area contributed by atoms with E-state index in [1.165, 1.54) is 46.6 Å². The fourth-order valence-electron chi connectivity index (χ4n) is 4.00. The van der Waals surface area contributed by atoms with Crippen LogP contribution in [0.25, 0.3) is 0 Å². The van der Waals surface area contributed by atoms with Gasteiger partial charge in [-0.15, -0.1) is 0 Å². The molecule has 166 valence electrons. The second-order valence-corrected chi connectivity index (χ2v) is 9.72. The molecule has 32 heavy (non-hydrogen) atoms. The van der Waals surface area contributed by atoms with E-state index in [1.54, 1.807) is 12.1 Å². The van der Waals surface area contributed by atoms with Gasteiger partial charge in [-0.3, -0.25) is 9.10 Å². The molecule has 1 aliphatic rings. The summed E-state index contributed by atoms with van der Waals surface area (Å²) in [5, 5.41) is 0. The van der Waals surface area contributed by atoms with Gasteiger partial charge >= 0.3 is 0 Å². The molecule has 0 saturated heterocycles. The molecule has 5 nitrogen and oxygen atoms in total. The van der Waals surface area contributed by atoms with Gasteiger partial charge in [-0.1, -0.05) is 30.3 Å². The van der Waals surface area contributed by atoms with Crippen LogP contribution < -0.4 is 4.31 Å². The first kappa shape index (κ1) is 22.0. The topological polar surface area (TPSA) is 57.7 Å². The fraction of sp³-hybridized carbons (Fsp3) is 0.208. The van der Waals surface area contributed by atoms with Crippen molar-refractivity contribution in [2.24, 2.45) is 0 Å². The number of hydrogen-bond acceptors (Lipinski definition) is 3. The minimum Gasteiger partial charge on any atom is -0.337 e. The first-order valence-corrected chi connectivity index (χ1v) is 11.5. The van der Waals surface area contributed by atoms with E-state index in [4.69, 9.17) is 0 Å². The molecule has 1 unspecified atom stereocenters. The summed E-state index contributed by atoms with van der Waals surface area (Å²) in [6.45, 7) is 1.76. The number of sulfonamides is 1. The Morgan fingerprint density at radius 1 is 1.06 bits per heavy atom. The number of carbonyl (C=O) groups excluding carboxylic acids is 1. The number of anilines is 1. The zero-order valence-electron chi connectivity index (χ0n) is 17.6. The van der Waals surface area contributed by atoms with Crippen molar-refractivity contribution in [3.8, 4) is 0 Å². The van der Waals surface area contributed by atoms with Gasteiger partial charge in [0.2, 0.25) is 0 Å². The number of hydrogen-bond donors (Lipinski definition) is 0. The molecule has 1 amide bonds. The third-order valence-electron chi connectivity index (χ3n) is 5.55. The van der Waals surface area contributed by atoms with Gasteiger partial charge in [-0.2, -0.15) is 0 Å². The molecular weight excluding hydrogens is 434 g/mol. The molecule has 1 heterocycles. The largest absolute Gasteiger partial charge is 0.337 e. The predicted octanol–water partition coefficient (Wildman–Crippen LogP) is 4.38. The van der Waals surface area contributed by atoms with E-state index in [0.29, 0.717) is 12.1 Å². The lowest BCUT2D eigenvalue weighted by atomic mass is 10.1. The smallest absolute Gasteiger partial charge is 0.264 e. The molecule has 0 fully saturated rings. The summed E-state index contributed by atoms with van der Waals surface area (Å²) >= 11 is 0. The van der Waals surface area contributed by atoms with Crippen molar-refractivity contribution in [3.63, 3.8) is 0 Å². The lowest BCUT2D eigenvalue weighted by molar-refractivity contribution is 0.0783. The first-order chi connectivity index (χ1) is 15.2. The Kier molecular flexibility index (Phi) is 5.73. The van der Waals surface area contributed by atoms with Gasteiger partial charge in [0, 0.05) is 36.8 Å². The number of rotatable bonds is 5. The van der Waals surface area contributed by atoms with Crippen molar-refractivity contribution < 1.29 is 22.0 Å². The van der Waals surface area contributed by atoms with E-state index in [2.05, 4.69) is 0 Å². The van der Waals surface area contributed by atoms with E-state index < -0.39 is 27.6 Å². The van der Waals surface area contributed by atoms with Crippen molar-refractivity contribution in [2.75, 3.05) is 11.4 Å². The SMILES string of the molecule is CC1Cc2ccccc2N1S(=O)(=O)c1cccc(C(=O)N(C)Cc2ccc(F)cc2F)c1. The molecule has 1 aliphatic heterocycles. The number of carbonyl (C=O) groups is 1. The van der Waals surface area contributed by atoms with E-state index in [0.717, 1.165) is 17.7 Å². The van der Waals surface area contributed by atoms with E-state index in [1.807, 2.05) is 19.1 Å². The summed E-state index contributed by atoms with van der Waals surface area (Å²) in [7, 11) is -2.42. The van der Waals surface area contributed by atoms with Crippen molar-refractivity contribution in [1.82, 2.24) is 4.90 Å². The van der Waals surface area contributed by atoms with Gasteiger partial charge in [0.05, 0.1) is 10.6 Å². The van der Waals surface area contributed by atoms with Crippen LogP contribution in [0.2, 0.25) is 0 Å². The summed E-state index contributed by atoms with van der Waals surface area (Å²) in [5.41, 5.74) is 1.92. The number of nitrogens with zero attached hydrogens (tertiary/aromatic N) is 2. The van der Waals surface area contributed by atoms with E-state index in [-0.39, 0.29) is 28.6 Å². The van der Waals surface area contributed by atoms with Crippen LogP contribution in [0.4, 0.5) is 14.5 Å². The molecule has 0 aliphatic carbocycles.